The van der Waals surface area contributed by atoms with Crippen LogP contribution in [0.25, 0.3) is 0 Å². The molecule has 0 fully saturated rings. The lowest BCUT2D eigenvalue weighted by atomic mass is 10.0. The van der Waals surface area contributed by atoms with Gasteiger partial charge in [-0.1, -0.05) is 18.7 Å². The Morgan fingerprint density at radius 1 is 1.39 bits per heavy atom. The van der Waals surface area contributed by atoms with Crippen molar-refractivity contribution in [2.24, 2.45) is 0 Å². The highest BCUT2D eigenvalue weighted by molar-refractivity contribution is 5.89. The number of alkyl halides is 1. The Morgan fingerprint density at radius 3 is 2.50 bits per heavy atom. The van der Waals surface area contributed by atoms with Gasteiger partial charge in [-0.15, -0.1) is 0 Å². The van der Waals surface area contributed by atoms with Crippen molar-refractivity contribution in [1.29, 1.82) is 0 Å². The maximum Gasteiger partial charge on any atom is 0.337 e. The van der Waals surface area contributed by atoms with E-state index in [9.17, 15) is 13.6 Å². The molecular formula is C14H16F2O2. The summed E-state index contributed by atoms with van der Waals surface area (Å²) in [5.41, 5.74) is -1.01. The number of hydrogen-bond donors (Lipinski definition) is 0. The van der Waals surface area contributed by atoms with E-state index in [4.69, 9.17) is 4.74 Å². The van der Waals surface area contributed by atoms with Crippen LogP contribution in [0.3, 0.4) is 0 Å². The van der Waals surface area contributed by atoms with Crippen molar-refractivity contribution < 1.29 is 18.3 Å². The molecule has 98 valence electrons. The molecule has 0 aliphatic carbocycles. The highest BCUT2D eigenvalue weighted by Crippen LogP contribution is 2.27. The largest absolute Gasteiger partial charge is 0.457 e. The zero-order valence-electron chi connectivity index (χ0n) is 10.7. The Labute approximate surface area is 105 Å². The number of benzene rings is 1. The van der Waals surface area contributed by atoms with Gasteiger partial charge in [0.15, 0.2) is 6.17 Å². The van der Waals surface area contributed by atoms with Gasteiger partial charge in [0.1, 0.15) is 11.4 Å². The second-order valence-corrected chi connectivity index (χ2v) is 4.94. The smallest absolute Gasteiger partial charge is 0.337 e. The Hall–Kier alpha value is -1.71. The first kappa shape index (κ1) is 14.4. The van der Waals surface area contributed by atoms with Crippen molar-refractivity contribution in [2.75, 3.05) is 0 Å². The molecule has 2 nitrogen and oxygen atoms in total. The number of hydrogen-bond acceptors (Lipinski definition) is 2. The average molecular weight is 254 g/mol. The number of carbonyl (C=O) groups is 1. The zero-order valence-corrected chi connectivity index (χ0v) is 10.7. The highest BCUT2D eigenvalue weighted by atomic mass is 19.1. The van der Waals surface area contributed by atoms with Gasteiger partial charge in [-0.3, -0.25) is 0 Å². The first-order valence-corrected chi connectivity index (χ1v) is 5.52. The van der Waals surface area contributed by atoms with Gasteiger partial charge in [0.05, 0.1) is 5.57 Å². The summed E-state index contributed by atoms with van der Waals surface area (Å²) in [7, 11) is 0. The second kappa shape index (κ2) is 5.29. The lowest BCUT2D eigenvalue weighted by Crippen LogP contribution is -2.25. The molecule has 0 amide bonds. The minimum atomic E-state index is -1.77. The van der Waals surface area contributed by atoms with Gasteiger partial charge < -0.3 is 4.74 Å². The summed E-state index contributed by atoms with van der Waals surface area (Å²) in [5, 5.41) is 0. The lowest BCUT2D eigenvalue weighted by Gasteiger charge is -2.21. The summed E-state index contributed by atoms with van der Waals surface area (Å²) in [6, 6.07) is 5.00. The number of rotatable bonds is 3. The SMILES string of the molecule is C=C(C(=O)OC(C)(C)C)C(F)c1cccc(F)c1. The zero-order chi connectivity index (χ0) is 13.9. The molecule has 4 heteroatoms. The summed E-state index contributed by atoms with van der Waals surface area (Å²) in [5.74, 6) is -1.38. The van der Waals surface area contributed by atoms with Crippen LogP contribution < -0.4 is 0 Å². The van der Waals surface area contributed by atoms with Gasteiger partial charge in [0, 0.05) is 0 Å². The maximum atomic E-state index is 14.0. The van der Waals surface area contributed by atoms with Crippen LogP contribution in [-0.2, 0) is 9.53 Å². The van der Waals surface area contributed by atoms with Crippen molar-refractivity contribution >= 4 is 5.97 Å². The van der Waals surface area contributed by atoms with E-state index in [0.29, 0.717) is 0 Å². The Balaban J connectivity index is 2.81. The van der Waals surface area contributed by atoms with E-state index >= 15 is 0 Å². The number of halogens is 2. The third kappa shape index (κ3) is 3.95. The van der Waals surface area contributed by atoms with E-state index in [-0.39, 0.29) is 11.1 Å². The van der Waals surface area contributed by atoms with E-state index in [2.05, 4.69) is 6.58 Å². The third-order valence-electron chi connectivity index (χ3n) is 2.11. The summed E-state index contributed by atoms with van der Waals surface area (Å²) in [4.78, 5) is 11.6. The van der Waals surface area contributed by atoms with Gasteiger partial charge in [-0.25, -0.2) is 13.6 Å². The molecule has 0 heterocycles. The normalized spacial score (nSPS) is 12.9. The van der Waals surface area contributed by atoms with Crippen LogP contribution in [0.1, 0.15) is 32.5 Å². The Kier molecular flexibility index (Phi) is 4.22. The van der Waals surface area contributed by atoms with E-state index in [1.807, 2.05) is 0 Å². The van der Waals surface area contributed by atoms with Crippen LogP contribution in [-0.4, -0.2) is 11.6 Å². The molecule has 0 bridgehead atoms. The van der Waals surface area contributed by atoms with Crippen molar-refractivity contribution in [3.05, 3.63) is 47.8 Å². The number of esters is 1. The maximum absolute atomic E-state index is 14.0. The molecule has 1 unspecified atom stereocenters. The molecule has 18 heavy (non-hydrogen) atoms. The molecule has 1 rings (SSSR count). The van der Waals surface area contributed by atoms with Crippen LogP contribution in [0, 0.1) is 5.82 Å². The average Bonchev–Trinajstić information content (AvgIpc) is 2.24. The van der Waals surface area contributed by atoms with Crippen LogP contribution in [0.5, 0.6) is 0 Å². The predicted octanol–water partition coefficient (Wildman–Crippen LogP) is 3.73. The van der Waals surface area contributed by atoms with E-state index in [0.717, 1.165) is 6.07 Å². The monoisotopic (exact) mass is 254 g/mol. The second-order valence-electron chi connectivity index (χ2n) is 4.94. The summed E-state index contributed by atoms with van der Waals surface area (Å²) < 4.78 is 31.9. The van der Waals surface area contributed by atoms with Gasteiger partial charge in [-0.2, -0.15) is 0 Å². The molecular weight excluding hydrogens is 238 g/mol. The van der Waals surface area contributed by atoms with Crippen LogP contribution >= 0.6 is 0 Å². The number of ether oxygens (including phenoxy) is 1. The van der Waals surface area contributed by atoms with Crippen LogP contribution in [0.2, 0.25) is 0 Å². The van der Waals surface area contributed by atoms with Crippen LogP contribution in [0.15, 0.2) is 36.4 Å². The van der Waals surface area contributed by atoms with Crippen molar-refractivity contribution in [2.45, 2.75) is 32.5 Å². The molecule has 0 saturated heterocycles. The quantitative estimate of drug-likeness (QED) is 0.606. The molecule has 0 saturated carbocycles. The van der Waals surface area contributed by atoms with E-state index in [1.165, 1.54) is 18.2 Å². The van der Waals surface area contributed by atoms with E-state index < -0.39 is 23.6 Å². The van der Waals surface area contributed by atoms with E-state index in [1.54, 1.807) is 20.8 Å². The van der Waals surface area contributed by atoms with Crippen molar-refractivity contribution in [3.63, 3.8) is 0 Å². The minimum Gasteiger partial charge on any atom is -0.457 e. The minimum absolute atomic E-state index is 0.0471. The molecule has 0 aromatic heterocycles. The Bertz CT molecular complexity index is 461. The summed E-state index contributed by atoms with van der Waals surface area (Å²) in [6.07, 6.45) is -1.77. The highest BCUT2D eigenvalue weighted by Gasteiger charge is 2.25. The van der Waals surface area contributed by atoms with Crippen molar-refractivity contribution in [1.82, 2.24) is 0 Å². The molecule has 0 radical (unpaired) electrons. The topological polar surface area (TPSA) is 26.3 Å². The molecule has 0 aliphatic heterocycles. The van der Waals surface area contributed by atoms with Gasteiger partial charge >= 0.3 is 5.97 Å². The fourth-order valence-electron chi connectivity index (χ4n) is 1.31. The first-order valence-electron chi connectivity index (χ1n) is 5.52. The van der Waals surface area contributed by atoms with Crippen molar-refractivity contribution in [3.8, 4) is 0 Å². The molecule has 1 aromatic rings. The van der Waals surface area contributed by atoms with Crippen LogP contribution in [0.4, 0.5) is 8.78 Å². The Morgan fingerprint density at radius 2 is 2.00 bits per heavy atom. The molecule has 1 aromatic carbocycles. The predicted molar refractivity (Wildman–Crippen MR) is 65.2 cm³/mol. The molecule has 0 aliphatic rings. The summed E-state index contributed by atoms with van der Waals surface area (Å²) in [6.45, 7) is 8.40. The van der Waals surface area contributed by atoms with Gasteiger partial charge in [0.2, 0.25) is 0 Å². The molecule has 0 spiro atoms. The fourth-order valence-corrected chi connectivity index (χ4v) is 1.31. The standard InChI is InChI=1S/C14H16F2O2/c1-9(13(17)18-14(2,3)4)12(16)10-6-5-7-11(15)8-10/h5-8,12H,1H2,2-4H3. The van der Waals surface area contributed by atoms with Gasteiger partial charge in [-0.05, 0) is 38.5 Å². The third-order valence-corrected chi connectivity index (χ3v) is 2.11. The molecule has 0 N–H and O–H groups in total. The molecule has 1 atom stereocenters. The van der Waals surface area contributed by atoms with Gasteiger partial charge in [0.25, 0.3) is 0 Å². The lowest BCUT2D eigenvalue weighted by molar-refractivity contribution is -0.150. The fraction of sp³-hybridized carbons (Fsp3) is 0.357. The number of carbonyl (C=O) groups excluding carboxylic acids is 1. The summed E-state index contributed by atoms with van der Waals surface area (Å²) >= 11 is 0. The first-order chi connectivity index (χ1) is 8.20.